The Labute approximate surface area is 109 Å². The Kier molecular flexibility index (Phi) is 3.83. The smallest absolute Gasteiger partial charge is 0.165 e. The van der Waals surface area contributed by atoms with Gasteiger partial charge in [-0.05, 0) is 25.0 Å². The molecular weight excluding hydrogens is 226 g/mol. The van der Waals surface area contributed by atoms with Gasteiger partial charge in [-0.2, -0.15) is 0 Å². The molecule has 3 heteroatoms. The van der Waals surface area contributed by atoms with E-state index in [1.807, 2.05) is 0 Å². The molecule has 0 unspecified atom stereocenters. The number of hydrogen-bond acceptors (Lipinski definition) is 2. The van der Waals surface area contributed by atoms with Gasteiger partial charge in [0.15, 0.2) is 5.78 Å². The zero-order valence-corrected chi connectivity index (χ0v) is 11.2. The van der Waals surface area contributed by atoms with Crippen LogP contribution in [0.2, 0.25) is 0 Å². The van der Waals surface area contributed by atoms with Gasteiger partial charge >= 0.3 is 0 Å². The lowest BCUT2D eigenvalue weighted by atomic mass is 9.84. The molecule has 0 bridgehead atoms. The van der Waals surface area contributed by atoms with Crippen LogP contribution in [0.4, 0.5) is 5.69 Å². The standard InChI is InChI=1S/C15H21NO2/c1-16(2,18)14-10-8-13(9-11-14)15(17)12-6-4-3-5-7-12/h8-12H,3-7H2,1-2H3. The van der Waals surface area contributed by atoms with Gasteiger partial charge in [-0.25, -0.2) is 0 Å². The Hall–Kier alpha value is -1.19. The summed E-state index contributed by atoms with van der Waals surface area (Å²) in [7, 11) is 3.16. The third kappa shape index (κ3) is 2.98. The van der Waals surface area contributed by atoms with Crippen LogP contribution in [0, 0.1) is 11.1 Å². The first-order valence-electron chi connectivity index (χ1n) is 6.68. The maximum Gasteiger partial charge on any atom is 0.165 e. The topological polar surface area (TPSA) is 40.1 Å². The minimum absolute atomic E-state index is 0.194. The molecule has 0 aromatic heterocycles. The molecule has 1 aliphatic rings. The van der Waals surface area contributed by atoms with E-state index in [1.165, 1.54) is 19.3 Å². The fourth-order valence-electron chi connectivity index (χ4n) is 2.59. The summed E-state index contributed by atoms with van der Waals surface area (Å²) in [5.74, 6) is 0.441. The highest BCUT2D eigenvalue weighted by Gasteiger charge is 2.22. The molecule has 1 aromatic carbocycles. The van der Waals surface area contributed by atoms with Crippen molar-refractivity contribution in [2.45, 2.75) is 32.1 Å². The predicted octanol–water partition coefficient (Wildman–Crippen LogP) is 3.51. The molecule has 0 amide bonds. The van der Waals surface area contributed by atoms with Crippen LogP contribution < -0.4 is 4.65 Å². The van der Waals surface area contributed by atoms with Gasteiger partial charge in [-0.15, -0.1) is 0 Å². The molecule has 1 fully saturated rings. The van der Waals surface area contributed by atoms with Crippen molar-refractivity contribution in [1.82, 2.24) is 4.65 Å². The van der Waals surface area contributed by atoms with Gasteiger partial charge in [0.2, 0.25) is 0 Å². The zero-order valence-electron chi connectivity index (χ0n) is 11.2. The average Bonchev–Trinajstić information content (AvgIpc) is 2.38. The molecular formula is C15H21NO2. The van der Waals surface area contributed by atoms with E-state index in [0.29, 0.717) is 5.69 Å². The van der Waals surface area contributed by atoms with Gasteiger partial charge in [-0.3, -0.25) is 4.79 Å². The minimum atomic E-state index is -0.460. The number of hydrogen-bond donors (Lipinski definition) is 0. The Morgan fingerprint density at radius 3 is 2.17 bits per heavy atom. The van der Waals surface area contributed by atoms with Crippen molar-refractivity contribution < 1.29 is 4.79 Å². The number of benzene rings is 1. The van der Waals surface area contributed by atoms with Gasteiger partial charge in [0, 0.05) is 23.6 Å². The Balaban J connectivity index is 2.11. The molecule has 0 spiro atoms. The van der Waals surface area contributed by atoms with Crippen molar-refractivity contribution in [3.05, 3.63) is 35.0 Å². The Bertz CT molecular complexity index is 411. The second-order valence-corrected chi connectivity index (χ2v) is 5.60. The van der Waals surface area contributed by atoms with Crippen LogP contribution in [0.3, 0.4) is 0 Å². The number of carbonyl (C=O) groups excluding carboxylic acids is 1. The van der Waals surface area contributed by atoms with Crippen LogP contribution in [0.25, 0.3) is 0 Å². The number of Topliss-reactive ketones (excluding diaryl/α,β-unsaturated/α-hetero) is 1. The first kappa shape index (κ1) is 13.2. The van der Waals surface area contributed by atoms with E-state index in [1.54, 1.807) is 38.4 Å². The molecule has 0 N–H and O–H groups in total. The highest BCUT2D eigenvalue weighted by atomic mass is 16.5. The van der Waals surface area contributed by atoms with Crippen molar-refractivity contribution in [2.24, 2.45) is 5.92 Å². The highest BCUT2D eigenvalue weighted by Crippen LogP contribution is 2.27. The number of quaternary nitrogens is 1. The molecule has 1 saturated carbocycles. The van der Waals surface area contributed by atoms with Gasteiger partial charge in [-0.1, -0.05) is 19.3 Å². The van der Waals surface area contributed by atoms with Crippen LogP contribution in [0.1, 0.15) is 42.5 Å². The summed E-state index contributed by atoms with van der Waals surface area (Å²) < 4.78 is -0.460. The van der Waals surface area contributed by atoms with Crippen LogP contribution in [-0.2, 0) is 0 Å². The third-order valence-corrected chi connectivity index (χ3v) is 3.75. The molecule has 3 nitrogen and oxygen atoms in total. The van der Waals surface area contributed by atoms with Gasteiger partial charge < -0.3 is 9.85 Å². The van der Waals surface area contributed by atoms with Crippen molar-refractivity contribution in [3.8, 4) is 0 Å². The van der Waals surface area contributed by atoms with Gasteiger partial charge in [0.25, 0.3) is 0 Å². The lowest BCUT2D eigenvalue weighted by molar-refractivity contribution is 0.0889. The largest absolute Gasteiger partial charge is 0.628 e. The summed E-state index contributed by atoms with van der Waals surface area (Å²) in [4.78, 5) is 12.3. The second kappa shape index (κ2) is 5.21. The van der Waals surface area contributed by atoms with Crippen LogP contribution in [0.5, 0.6) is 0 Å². The number of rotatable bonds is 3. The monoisotopic (exact) mass is 247 g/mol. The van der Waals surface area contributed by atoms with E-state index in [4.69, 9.17) is 0 Å². The van der Waals surface area contributed by atoms with Crippen molar-refractivity contribution in [2.75, 3.05) is 14.1 Å². The number of ketones is 1. The molecule has 98 valence electrons. The number of nitrogens with zero attached hydrogens (tertiary/aromatic N) is 1. The number of carbonyl (C=O) groups is 1. The van der Waals surface area contributed by atoms with E-state index in [0.717, 1.165) is 18.4 Å². The molecule has 0 aliphatic heterocycles. The Morgan fingerprint density at radius 2 is 1.67 bits per heavy atom. The number of hydroxylamine groups is 2. The molecule has 1 aliphatic carbocycles. The highest BCUT2D eigenvalue weighted by molar-refractivity contribution is 5.98. The lowest BCUT2D eigenvalue weighted by Crippen LogP contribution is -2.32. The summed E-state index contributed by atoms with van der Waals surface area (Å²) in [6.07, 6.45) is 5.62. The Morgan fingerprint density at radius 1 is 1.11 bits per heavy atom. The van der Waals surface area contributed by atoms with Gasteiger partial charge in [0.05, 0.1) is 14.1 Å². The zero-order chi connectivity index (χ0) is 13.2. The first-order chi connectivity index (χ1) is 8.48. The second-order valence-electron chi connectivity index (χ2n) is 5.60. The lowest BCUT2D eigenvalue weighted by Gasteiger charge is -2.33. The third-order valence-electron chi connectivity index (χ3n) is 3.75. The van der Waals surface area contributed by atoms with E-state index in [-0.39, 0.29) is 11.7 Å². The molecule has 18 heavy (non-hydrogen) atoms. The normalized spacial score (nSPS) is 17.7. The van der Waals surface area contributed by atoms with E-state index in [2.05, 4.69) is 0 Å². The van der Waals surface area contributed by atoms with Crippen molar-refractivity contribution >= 4 is 11.5 Å². The fourth-order valence-corrected chi connectivity index (χ4v) is 2.59. The maximum atomic E-state index is 12.3. The molecule has 0 heterocycles. The molecule has 0 atom stereocenters. The van der Waals surface area contributed by atoms with E-state index in [9.17, 15) is 10.0 Å². The summed E-state index contributed by atoms with van der Waals surface area (Å²) in [5, 5.41) is 11.7. The molecule has 2 rings (SSSR count). The van der Waals surface area contributed by atoms with E-state index < -0.39 is 4.65 Å². The summed E-state index contributed by atoms with van der Waals surface area (Å²) in [6.45, 7) is 0. The molecule has 0 radical (unpaired) electrons. The molecule has 1 aromatic rings. The van der Waals surface area contributed by atoms with Crippen LogP contribution in [0.15, 0.2) is 24.3 Å². The quantitative estimate of drug-likeness (QED) is 0.466. The predicted molar refractivity (Wildman–Crippen MR) is 74.4 cm³/mol. The van der Waals surface area contributed by atoms with Crippen LogP contribution in [-0.4, -0.2) is 19.9 Å². The molecule has 0 saturated heterocycles. The van der Waals surface area contributed by atoms with Gasteiger partial charge in [0.1, 0.15) is 5.69 Å². The van der Waals surface area contributed by atoms with Crippen molar-refractivity contribution in [3.63, 3.8) is 0 Å². The van der Waals surface area contributed by atoms with Crippen LogP contribution >= 0.6 is 0 Å². The van der Waals surface area contributed by atoms with Crippen molar-refractivity contribution in [1.29, 1.82) is 0 Å². The summed E-state index contributed by atoms with van der Waals surface area (Å²) >= 11 is 0. The first-order valence-corrected chi connectivity index (χ1v) is 6.68. The average molecular weight is 247 g/mol. The minimum Gasteiger partial charge on any atom is -0.628 e. The fraction of sp³-hybridized carbons (Fsp3) is 0.533. The summed E-state index contributed by atoms with van der Waals surface area (Å²) in [5.41, 5.74) is 1.43. The van der Waals surface area contributed by atoms with E-state index >= 15 is 0 Å². The summed E-state index contributed by atoms with van der Waals surface area (Å²) in [6, 6.07) is 7.13. The maximum absolute atomic E-state index is 12.3. The SMILES string of the molecule is C[N+](C)([O-])c1ccc(C(=O)C2CCCCC2)cc1.